The smallest absolute Gasteiger partial charge is 0.261 e. The number of para-hydroxylation sites is 1. The first-order chi connectivity index (χ1) is 14.6. The van der Waals surface area contributed by atoms with Crippen LogP contribution in [-0.2, 0) is 16.1 Å². The van der Waals surface area contributed by atoms with Crippen molar-refractivity contribution in [2.75, 3.05) is 6.61 Å². The Bertz CT molecular complexity index is 837. The van der Waals surface area contributed by atoms with E-state index < -0.39 is 11.9 Å². The minimum absolute atomic E-state index is 0.0222. The Morgan fingerprint density at radius 2 is 1.77 bits per heavy atom. The van der Waals surface area contributed by atoms with Crippen LogP contribution in [0.2, 0.25) is 0 Å². The second kappa shape index (κ2) is 10.8. The molecule has 1 unspecified atom stereocenters. The summed E-state index contributed by atoms with van der Waals surface area (Å²) in [6.45, 7) is 1.85. The highest BCUT2D eigenvalue weighted by Gasteiger charge is 2.30. The van der Waals surface area contributed by atoms with Crippen LogP contribution in [0.15, 0.2) is 54.6 Å². The van der Waals surface area contributed by atoms with Crippen LogP contribution < -0.4 is 10.1 Å². The Morgan fingerprint density at radius 3 is 2.43 bits per heavy atom. The van der Waals surface area contributed by atoms with Gasteiger partial charge in [-0.25, -0.2) is 4.39 Å². The molecule has 0 radical (unpaired) electrons. The summed E-state index contributed by atoms with van der Waals surface area (Å²) in [6.07, 6.45) is 4.67. The van der Waals surface area contributed by atoms with Crippen LogP contribution in [0.1, 0.15) is 44.6 Å². The van der Waals surface area contributed by atoms with Crippen molar-refractivity contribution in [2.45, 2.75) is 57.7 Å². The van der Waals surface area contributed by atoms with Crippen molar-refractivity contribution in [1.82, 2.24) is 10.2 Å². The quantitative estimate of drug-likeness (QED) is 0.675. The monoisotopic (exact) mass is 412 g/mol. The number of carbonyl (C=O) groups excluding carboxylic acids is 2. The average Bonchev–Trinajstić information content (AvgIpc) is 3.26. The molecule has 2 aromatic rings. The van der Waals surface area contributed by atoms with E-state index in [0.717, 1.165) is 31.2 Å². The molecule has 160 valence electrons. The van der Waals surface area contributed by atoms with Gasteiger partial charge in [-0.15, -0.1) is 0 Å². The minimum Gasteiger partial charge on any atom is -0.481 e. The third kappa shape index (κ3) is 5.81. The molecule has 6 heteroatoms. The average molecular weight is 413 g/mol. The third-order valence-corrected chi connectivity index (χ3v) is 5.47. The number of nitrogens with one attached hydrogen (secondary N) is 1. The number of carbonyl (C=O) groups is 2. The van der Waals surface area contributed by atoms with Crippen molar-refractivity contribution >= 4 is 11.8 Å². The number of benzene rings is 2. The van der Waals surface area contributed by atoms with Crippen LogP contribution in [0.3, 0.4) is 0 Å². The SMILES string of the molecule is CCC(C(=O)NC1CCCC1)N(Cc1ccccc1)C(=O)COc1ccccc1F. The molecule has 0 bridgehead atoms. The number of halogens is 1. The van der Waals surface area contributed by atoms with E-state index in [9.17, 15) is 14.0 Å². The fraction of sp³-hybridized carbons (Fsp3) is 0.417. The maximum absolute atomic E-state index is 13.9. The first-order valence-electron chi connectivity index (χ1n) is 10.6. The second-order valence-corrected chi connectivity index (χ2v) is 7.64. The topological polar surface area (TPSA) is 58.6 Å². The van der Waals surface area contributed by atoms with E-state index in [1.54, 1.807) is 17.0 Å². The zero-order valence-corrected chi connectivity index (χ0v) is 17.4. The van der Waals surface area contributed by atoms with Gasteiger partial charge in [0.1, 0.15) is 6.04 Å². The van der Waals surface area contributed by atoms with Gasteiger partial charge in [-0.3, -0.25) is 9.59 Å². The van der Waals surface area contributed by atoms with Crippen LogP contribution in [-0.4, -0.2) is 35.4 Å². The van der Waals surface area contributed by atoms with Gasteiger partial charge in [-0.1, -0.05) is 62.2 Å². The maximum Gasteiger partial charge on any atom is 0.261 e. The molecule has 1 fully saturated rings. The van der Waals surface area contributed by atoms with E-state index >= 15 is 0 Å². The van der Waals surface area contributed by atoms with E-state index in [4.69, 9.17) is 4.74 Å². The maximum atomic E-state index is 13.9. The number of rotatable bonds is 9. The molecule has 1 aliphatic rings. The fourth-order valence-corrected chi connectivity index (χ4v) is 3.85. The van der Waals surface area contributed by atoms with E-state index in [1.165, 1.54) is 12.1 Å². The second-order valence-electron chi connectivity index (χ2n) is 7.64. The van der Waals surface area contributed by atoms with Gasteiger partial charge in [0.15, 0.2) is 18.2 Å². The molecule has 5 nitrogen and oxygen atoms in total. The minimum atomic E-state index is -0.609. The number of amides is 2. The molecule has 2 aromatic carbocycles. The Kier molecular flexibility index (Phi) is 7.82. The normalized spacial score (nSPS) is 14.9. The number of nitrogens with zero attached hydrogens (tertiary/aromatic N) is 1. The molecule has 1 N–H and O–H groups in total. The molecule has 0 aliphatic heterocycles. The molecule has 30 heavy (non-hydrogen) atoms. The van der Waals surface area contributed by atoms with Crippen LogP contribution in [0, 0.1) is 5.82 Å². The predicted molar refractivity (Wildman–Crippen MR) is 113 cm³/mol. The molecule has 1 saturated carbocycles. The van der Waals surface area contributed by atoms with Crippen molar-refractivity contribution < 1.29 is 18.7 Å². The highest BCUT2D eigenvalue weighted by molar-refractivity contribution is 5.88. The van der Waals surface area contributed by atoms with Gasteiger partial charge in [0.25, 0.3) is 5.91 Å². The lowest BCUT2D eigenvalue weighted by atomic mass is 10.1. The zero-order valence-electron chi connectivity index (χ0n) is 17.4. The lowest BCUT2D eigenvalue weighted by Crippen LogP contribution is -2.52. The van der Waals surface area contributed by atoms with Gasteiger partial charge in [-0.05, 0) is 37.0 Å². The highest BCUT2D eigenvalue weighted by atomic mass is 19.1. The van der Waals surface area contributed by atoms with Crippen molar-refractivity contribution in [3.05, 3.63) is 66.0 Å². The van der Waals surface area contributed by atoms with E-state index in [1.807, 2.05) is 37.3 Å². The number of hydrogen-bond acceptors (Lipinski definition) is 3. The number of hydrogen-bond donors (Lipinski definition) is 1. The fourth-order valence-electron chi connectivity index (χ4n) is 3.85. The molecular weight excluding hydrogens is 383 g/mol. The first kappa shape index (κ1) is 21.8. The van der Waals surface area contributed by atoms with Gasteiger partial charge >= 0.3 is 0 Å². The first-order valence-corrected chi connectivity index (χ1v) is 10.6. The molecular formula is C24H29FN2O3. The summed E-state index contributed by atoms with van der Waals surface area (Å²) in [5.74, 6) is -0.991. The Hall–Kier alpha value is -2.89. The van der Waals surface area contributed by atoms with Gasteiger partial charge in [0.2, 0.25) is 5.91 Å². The molecule has 0 heterocycles. The van der Waals surface area contributed by atoms with Crippen molar-refractivity contribution in [1.29, 1.82) is 0 Å². The summed E-state index contributed by atoms with van der Waals surface area (Å²) in [4.78, 5) is 27.6. The Labute approximate surface area is 177 Å². The molecule has 1 aliphatic carbocycles. The molecule has 0 spiro atoms. The summed E-state index contributed by atoms with van der Waals surface area (Å²) in [5, 5.41) is 3.10. The van der Waals surface area contributed by atoms with Crippen molar-refractivity contribution in [3.63, 3.8) is 0 Å². The highest BCUT2D eigenvalue weighted by Crippen LogP contribution is 2.20. The van der Waals surface area contributed by atoms with E-state index in [-0.39, 0.29) is 36.8 Å². The van der Waals surface area contributed by atoms with E-state index in [2.05, 4.69) is 5.32 Å². The van der Waals surface area contributed by atoms with Gasteiger partial charge < -0.3 is 15.0 Å². The van der Waals surface area contributed by atoms with Crippen LogP contribution in [0.25, 0.3) is 0 Å². The van der Waals surface area contributed by atoms with Crippen molar-refractivity contribution in [3.8, 4) is 5.75 Å². The summed E-state index contributed by atoms with van der Waals surface area (Å²) in [6, 6.07) is 15.1. The van der Waals surface area contributed by atoms with Gasteiger partial charge in [0, 0.05) is 12.6 Å². The predicted octanol–water partition coefficient (Wildman–Crippen LogP) is 4.07. The summed E-state index contributed by atoms with van der Waals surface area (Å²) < 4.78 is 19.3. The molecule has 3 rings (SSSR count). The summed E-state index contributed by atoms with van der Waals surface area (Å²) in [7, 11) is 0. The Balaban J connectivity index is 1.74. The molecule has 2 amide bonds. The molecule has 0 aromatic heterocycles. The molecule has 0 saturated heterocycles. The number of ether oxygens (including phenoxy) is 1. The van der Waals surface area contributed by atoms with Gasteiger partial charge in [-0.2, -0.15) is 0 Å². The van der Waals surface area contributed by atoms with Crippen LogP contribution in [0.5, 0.6) is 5.75 Å². The van der Waals surface area contributed by atoms with E-state index in [0.29, 0.717) is 6.42 Å². The van der Waals surface area contributed by atoms with Crippen molar-refractivity contribution in [2.24, 2.45) is 0 Å². The van der Waals surface area contributed by atoms with Crippen LogP contribution >= 0.6 is 0 Å². The standard InChI is InChI=1S/C24H29FN2O3/c1-2-21(24(29)26-19-12-6-7-13-19)27(16-18-10-4-3-5-11-18)23(28)17-30-22-15-9-8-14-20(22)25/h3-5,8-11,14-15,19,21H,2,6-7,12-13,16-17H2,1H3,(H,26,29). The van der Waals surface area contributed by atoms with Gasteiger partial charge in [0.05, 0.1) is 0 Å². The third-order valence-electron chi connectivity index (χ3n) is 5.47. The zero-order chi connectivity index (χ0) is 21.3. The summed E-state index contributed by atoms with van der Waals surface area (Å²) in [5.41, 5.74) is 0.920. The summed E-state index contributed by atoms with van der Waals surface area (Å²) >= 11 is 0. The Morgan fingerprint density at radius 1 is 1.10 bits per heavy atom. The van der Waals surface area contributed by atoms with Crippen LogP contribution in [0.4, 0.5) is 4.39 Å². The lowest BCUT2D eigenvalue weighted by molar-refractivity contribution is -0.143. The molecule has 1 atom stereocenters. The largest absolute Gasteiger partial charge is 0.481 e. The lowest BCUT2D eigenvalue weighted by Gasteiger charge is -2.31.